The molecule has 0 aromatic carbocycles. The first-order valence-electron chi connectivity index (χ1n) is 29.5. The second-order valence-corrected chi connectivity index (χ2v) is 23.0. The standard InChI is InChI=1S/C52H89N5O36/c1-14(65)53-19(6-58)42(89-51-40(80)38(78)44(25(11-63)87-51)90-48-27(54-15(2)66)35(75)32(72)21(7-59)84-48)31(71)20(70)13-82-47-30(57-18(5)69)46(34(74)23(9-61)83-47)93-50-29(56-17(4)68)37(77)43(24(10-62)86-50)92-52-41(81)39(79)45(26(12-64)88-52)91-49-28(55-16(3)67)36(76)33(73)22(8-60)85-49/h19-52,58-64,70-81H,6-13H2,1-5H3,(H,53,65)(H,54,66)(H,55,67)(H,56,68)(H,57,69)/t19-,20+,21+,22+,23+,24+,25+,26+,27+,28+,29+,30+,31-,32+,33+,34+,35+,36+,37+,38+,39+,40+,41+,42+,43+,44-,45-,46+,47+,48+,49+,50-,51-,52-/m0/s1. The minimum absolute atomic E-state index is 0.743. The van der Waals surface area contributed by atoms with Gasteiger partial charge in [0.15, 0.2) is 37.7 Å². The number of hydrogen-bond donors (Lipinski definition) is 24. The molecule has 0 aromatic rings. The van der Waals surface area contributed by atoms with Gasteiger partial charge in [0.25, 0.3) is 0 Å². The maximum absolute atomic E-state index is 12.9. The topological polar surface area (TPSA) is 641 Å². The molecule has 0 saturated carbocycles. The van der Waals surface area contributed by atoms with Crippen LogP contribution in [0.5, 0.6) is 0 Å². The van der Waals surface area contributed by atoms with E-state index in [9.17, 15) is 121 Å². The summed E-state index contributed by atoms with van der Waals surface area (Å²) in [4.78, 5) is 62.2. The Morgan fingerprint density at radius 2 is 0.699 bits per heavy atom. The highest BCUT2D eigenvalue weighted by atomic mass is 16.8. The van der Waals surface area contributed by atoms with Crippen molar-refractivity contribution in [3.05, 3.63) is 0 Å². The Morgan fingerprint density at radius 1 is 0.366 bits per heavy atom. The number of hydrogen-bond acceptors (Lipinski definition) is 36. The van der Waals surface area contributed by atoms with Crippen molar-refractivity contribution in [2.24, 2.45) is 0 Å². The second kappa shape index (κ2) is 35.1. The van der Waals surface area contributed by atoms with Crippen molar-refractivity contribution >= 4 is 29.5 Å². The van der Waals surface area contributed by atoms with E-state index in [1.54, 1.807) is 0 Å². The zero-order chi connectivity index (χ0) is 69.2. The first-order valence-corrected chi connectivity index (χ1v) is 29.5. The third-order valence-electron chi connectivity index (χ3n) is 16.2. The zero-order valence-electron chi connectivity index (χ0n) is 50.7. The van der Waals surface area contributed by atoms with Crippen LogP contribution in [0.1, 0.15) is 34.6 Å². The number of ether oxygens (including phenoxy) is 12. The highest BCUT2D eigenvalue weighted by molar-refractivity contribution is 5.75. The van der Waals surface area contributed by atoms with Gasteiger partial charge in [0, 0.05) is 34.6 Å². The molecule has 34 atom stereocenters. The lowest BCUT2D eigenvalue weighted by Crippen LogP contribution is -2.71. The average molecular weight is 1360 g/mol. The molecule has 0 spiro atoms. The molecule has 0 bridgehead atoms. The highest BCUT2D eigenvalue weighted by Crippen LogP contribution is 2.36. The molecule has 24 N–H and O–H groups in total. The normalized spacial score (nSPS) is 42.8. The first-order chi connectivity index (χ1) is 43.9. The summed E-state index contributed by atoms with van der Waals surface area (Å²) in [6, 6.07) is -8.49. The lowest BCUT2D eigenvalue weighted by Gasteiger charge is -2.50. The Balaban J connectivity index is 1.19. The van der Waals surface area contributed by atoms with Gasteiger partial charge >= 0.3 is 0 Å². The van der Waals surface area contributed by atoms with E-state index in [0.29, 0.717) is 0 Å². The van der Waals surface area contributed by atoms with E-state index < -0.39 is 291 Å². The predicted molar refractivity (Wildman–Crippen MR) is 292 cm³/mol. The molecule has 6 aliphatic heterocycles. The molecule has 0 radical (unpaired) electrons. The van der Waals surface area contributed by atoms with Gasteiger partial charge in [-0.15, -0.1) is 0 Å². The van der Waals surface area contributed by atoms with Crippen molar-refractivity contribution < 1.29 is 178 Å². The number of amides is 5. The molecule has 41 heteroatoms. The van der Waals surface area contributed by atoms with Gasteiger partial charge in [0.2, 0.25) is 29.5 Å². The van der Waals surface area contributed by atoms with Gasteiger partial charge in [-0.05, 0) is 0 Å². The minimum atomic E-state index is -2.37. The van der Waals surface area contributed by atoms with E-state index in [0.717, 1.165) is 34.6 Å². The fourth-order valence-corrected chi connectivity index (χ4v) is 11.5. The number of rotatable bonds is 28. The van der Waals surface area contributed by atoms with Crippen LogP contribution >= 0.6 is 0 Å². The van der Waals surface area contributed by atoms with Gasteiger partial charge in [-0.3, -0.25) is 24.0 Å². The molecule has 41 nitrogen and oxygen atoms in total. The van der Waals surface area contributed by atoms with E-state index in [4.69, 9.17) is 56.8 Å². The number of aliphatic hydroxyl groups is 19. The van der Waals surface area contributed by atoms with Crippen LogP contribution in [-0.2, 0) is 80.8 Å². The van der Waals surface area contributed by atoms with Crippen LogP contribution in [0.15, 0.2) is 0 Å². The summed E-state index contributed by atoms with van der Waals surface area (Å²) < 4.78 is 69.8. The molecule has 93 heavy (non-hydrogen) atoms. The maximum atomic E-state index is 12.9. The summed E-state index contributed by atoms with van der Waals surface area (Å²) in [5.74, 6) is -4.14. The van der Waals surface area contributed by atoms with Gasteiger partial charge in [-0.25, -0.2) is 0 Å². The Bertz CT molecular complexity index is 2380. The number of aliphatic hydroxyl groups excluding tert-OH is 19. The molecular formula is C52H89N5O36. The lowest BCUT2D eigenvalue weighted by molar-refractivity contribution is -0.373. The third kappa shape index (κ3) is 18.7. The molecule has 0 unspecified atom stereocenters. The van der Waals surface area contributed by atoms with Gasteiger partial charge < -0.3 is 180 Å². The van der Waals surface area contributed by atoms with Crippen molar-refractivity contribution in [2.45, 2.75) is 243 Å². The zero-order valence-corrected chi connectivity index (χ0v) is 50.7. The van der Waals surface area contributed by atoms with Crippen LogP contribution in [0.25, 0.3) is 0 Å². The maximum Gasteiger partial charge on any atom is 0.217 e. The third-order valence-corrected chi connectivity index (χ3v) is 16.2. The largest absolute Gasteiger partial charge is 0.394 e. The van der Waals surface area contributed by atoms with E-state index in [1.807, 2.05) is 0 Å². The van der Waals surface area contributed by atoms with Gasteiger partial charge in [-0.1, -0.05) is 0 Å². The molecule has 6 heterocycles. The van der Waals surface area contributed by atoms with E-state index in [1.165, 1.54) is 0 Å². The van der Waals surface area contributed by atoms with E-state index in [-0.39, 0.29) is 0 Å². The number of carbonyl (C=O) groups is 5. The fourth-order valence-electron chi connectivity index (χ4n) is 11.5. The Labute approximate surface area is 528 Å². The van der Waals surface area contributed by atoms with Gasteiger partial charge in [-0.2, -0.15) is 0 Å². The predicted octanol–water partition coefficient (Wildman–Crippen LogP) is -15.9. The molecule has 5 amide bonds. The monoisotopic (exact) mass is 1360 g/mol. The minimum Gasteiger partial charge on any atom is -0.394 e. The summed E-state index contributed by atoms with van der Waals surface area (Å²) in [5.41, 5.74) is 0. The Kier molecular flexibility index (Phi) is 29.4. The van der Waals surface area contributed by atoms with Crippen molar-refractivity contribution in [3.8, 4) is 0 Å². The Morgan fingerprint density at radius 3 is 1.11 bits per heavy atom. The van der Waals surface area contributed by atoms with Crippen molar-refractivity contribution in [2.75, 3.05) is 52.9 Å². The van der Waals surface area contributed by atoms with E-state index >= 15 is 0 Å². The van der Waals surface area contributed by atoms with Crippen LogP contribution in [0, 0.1) is 0 Å². The van der Waals surface area contributed by atoms with Crippen LogP contribution in [-0.4, -0.2) is 388 Å². The van der Waals surface area contributed by atoms with Crippen LogP contribution in [0.3, 0.4) is 0 Å². The SMILES string of the molecule is CC(=O)N[C@H]1[C@H](O[C@H]2[C@H](O)[C@@H](CO)O[C@@H](OC[C@@H](O)[C@H](O)[C@H](O[C@@H]3O[C@H](CO)[C@H](O[C@H]4O[C@H](CO)[C@@H](O)[C@H](O)[C@H]4NC(C)=O)[C@H](O)[C@H]3O)[C@H](CO)NC(C)=O)[C@@H]2NC(C)=O)O[C@H](CO)[C@@H](O[C@@H]2O[C@H](CO)[C@H](O[C@H]3O[C@H](CO)[C@@H](O)[C@H](O)[C@H]3NC(C)=O)[C@H](O)[C@H]2O)[C@@H]1O. The van der Waals surface area contributed by atoms with E-state index in [2.05, 4.69) is 26.6 Å². The van der Waals surface area contributed by atoms with Gasteiger partial charge in [0.1, 0.15) is 165 Å². The number of carbonyl (C=O) groups excluding carboxylic acids is 5. The number of nitrogens with one attached hydrogen (secondary N) is 5. The first kappa shape index (κ1) is 78.1. The van der Waals surface area contributed by atoms with Crippen LogP contribution in [0.2, 0.25) is 0 Å². The van der Waals surface area contributed by atoms with Crippen LogP contribution in [0.4, 0.5) is 0 Å². The second-order valence-electron chi connectivity index (χ2n) is 23.0. The molecule has 6 saturated heterocycles. The van der Waals surface area contributed by atoms with Crippen molar-refractivity contribution in [1.29, 1.82) is 0 Å². The summed E-state index contributed by atoms with van der Waals surface area (Å²) in [6.45, 7) is -3.13. The molecular weight excluding hydrogens is 1270 g/mol. The highest BCUT2D eigenvalue weighted by Gasteiger charge is 2.58. The van der Waals surface area contributed by atoms with Gasteiger partial charge in [0.05, 0.1) is 58.9 Å². The van der Waals surface area contributed by atoms with Crippen molar-refractivity contribution in [1.82, 2.24) is 26.6 Å². The summed E-state index contributed by atoms with van der Waals surface area (Å²) in [6.07, 6.45) is -56.0. The molecule has 6 fully saturated rings. The average Bonchev–Trinajstić information content (AvgIpc) is 0.785. The molecule has 6 rings (SSSR count). The molecule has 538 valence electrons. The summed E-state index contributed by atoms with van der Waals surface area (Å²) in [7, 11) is 0. The van der Waals surface area contributed by atoms with Crippen molar-refractivity contribution in [3.63, 3.8) is 0 Å². The quantitative estimate of drug-likeness (QED) is 0.0346. The Hall–Kier alpha value is -3.89. The summed E-state index contributed by atoms with van der Waals surface area (Å²) in [5, 5.41) is 219. The van der Waals surface area contributed by atoms with Crippen LogP contribution < -0.4 is 26.6 Å². The lowest BCUT2D eigenvalue weighted by atomic mass is 9.93. The summed E-state index contributed by atoms with van der Waals surface area (Å²) >= 11 is 0. The molecule has 6 aliphatic rings. The smallest absolute Gasteiger partial charge is 0.217 e. The molecule has 0 aliphatic carbocycles. The fraction of sp³-hybridized carbons (Fsp3) is 0.904. The molecule has 0 aromatic heterocycles.